The van der Waals surface area contributed by atoms with Crippen molar-refractivity contribution in [1.82, 2.24) is 4.90 Å². The molecular weight excluding hydrogens is 373 g/mol. The first kappa shape index (κ1) is 15.1. The number of carbonyl (C=O) groups is 2. The van der Waals surface area contributed by atoms with E-state index in [2.05, 4.69) is 22.6 Å². The number of carbonyl (C=O) groups excluding carboxylic acids is 1. The van der Waals surface area contributed by atoms with E-state index in [0.29, 0.717) is 31.7 Å². The molecule has 1 fully saturated rings. The van der Waals surface area contributed by atoms with Gasteiger partial charge < -0.3 is 14.7 Å². The van der Waals surface area contributed by atoms with Crippen LogP contribution in [0.15, 0.2) is 24.3 Å². The molecule has 1 saturated heterocycles. The molecular formula is C14H16INO4. The first-order valence-electron chi connectivity index (χ1n) is 6.45. The highest BCUT2D eigenvalue weighted by molar-refractivity contribution is 14.1. The fourth-order valence-electron chi connectivity index (χ4n) is 2.17. The topological polar surface area (TPSA) is 66.8 Å². The second kappa shape index (κ2) is 6.92. The lowest BCUT2D eigenvalue weighted by molar-refractivity contribution is -0.146. The van der Waals surface area contributed by atoms with Crippen LogP contribution in [0.2, 0.25) is 0 Å². The largest absolute Gasteiger partial charge is 0.484 e. The minimum atomic E-state index is -0.771. The lowest BCUT2D eigenvalue weighted by atomic mass is 9.97. The molecule has 0 spiro atoms. The third-order valence-electron chi connectivity index (χ3n) is 3.36. The van der Waals surface area contributed by atoms with Gasteiger partial charge >= 0.3 is 5.97 Å². The van der Waals surface area contributed by atoms with Gasteiger partial charge in [0.1, 0.15) is 5.75 Å². The van der Waals surface area contributed by atoms with Crippen LogP contribution in [0.3, 0.4) is 0 Å². The monoisotopic (exact) mass is 389 g/mol. The fourth-order valence-corrected chi connectivity index (χ4v) is 2.68. The summed E-state index contributed by atoms with van der Waals surface area (Å²) in [4.78, 5) is 24.5. The SMILES string of the molecule is O=C(O)C1CCN(C(=O)COc2cccc(I)c2)CC1. The highest BCUT2D eigenvalue weighted by Crippen LogP contribution is 2.18. The third kappa shape index (κ3) is 4.09. The summed E-state index contributed by atoms with van der Waals surface area (Å²) in [5, 5.41) is 8.91. The van der Waals surface area contributed by atoms with Crippen molar-refractivity contribution in [2.24, 2.45) is 5.92 Å². The van der Waals surface area contributed by atoms with E-state index >= 15 is 0 Å². The van der Waals surface area contributed by atoms with Gasteiger partial charge in [0.25, 0.3) is 5.91 Å². The van der Waals surface area contributed by atoms with E-state index < -0.39 is 5.97 Å². The van der Waals surface area contributed by atoms with Gasteiger partial charge in [0, 0.05) is 16.7 Å². The van der Waals surface area contributed by atoms with Gasteiger partial charge in [-0.25, -0.2) is 0 Å². The van der Waals surface area contributed by atoms with E-state index in [1.54, 1.807) is 4.90 Å². The maximum Gasteiger partial charge on any atom is 0.306 e. The van der Waals surface area contributed by atoms with E-state index in [0.717, 1.165) is 3.57 Å². The highest BCUT2D eigenvalue weighted by Gasteiger charge is 2.26. The molecule has 0 unspecified atom stereocenters. The molecule has 1 aliphatic heterocycles. The molecule has 1 heterocycles. The second-order valence-corrected chi connectivity index (χ2v) is 5.98. The molecule has 1 aromatic rings. The van der Waals surface area contributed by atoms with Crippen molar-refractivity contribution in [3.63, 3.8) is 0 Å². The van der Waals surface area contributed by atoms with Gasteiger partial charge in [-0.05, 0) is 53.6 Å². The Hall–Kier alpha value is -1.31. The molecule has 20 heavy (non-hydrogen) atoms. The Morgan fingerprint density at radius 1 is 1.35 bits per heavy atom. The summed E-state index contributed by atoms with van der Waals surface area (Å²) in [7, 11) is 0. The van der Waals surface area contributed by atoms with Crippen molar-refractivity contribution in [1.29, 1.82) is 0 Å². The van der Waals surface area contributed by atoms with Crippen LogP contribution < -0.4 is 4.74 Å². The van der Waals surface area contributed by atoms with Gasteiger partial charge in [-0.3, -0.25) is 9.59 Å². The molecule has 6 heteroatoms. The van der Waals surface area contributed by atoms with Gasteiger partial charge in [-0.15, -0.1) is 0 Å². The Kier molecular flexibility index (Phi) is 5.22. The van der Waals surface area contributed by atoms with Crippen molar-refractivity contribution < 1.29 is 19.4 Å². The number of benzene rings is 1. The number of aliphatic carboxylic acids is 1. The highest BCUT2D eigenvalue weighted by atomic mass is 127. The maximum atomic E-state index is 12.0. The number of amides is 1. The molecule has 1 amide bonds. The molecule has 108 valence electrons. The Labute approximate surface area is 131 Å². The molecule has 5 nitrogen and oxygen atoms in total. The normalized spacial score (nSPS) is 15.9. The molecule has 0 bridgehead atoms. The first-order chi connectivity index (χ1) is 9.56. The number of hydrogen-bond donors (Lipinski definition) is 1. The molecule has 1 aromatic carbocycles. The van der Waals surface area contributed by atoms with Gasteiger partial charge in [-0.1, -0.05) is 6.07 Å². The molecule has 0 aliphatic carbocycles. The zero-order chi connectivity index (χ0) is 14.5. The summed E-state index contributed by atoms with van der Waals surface area (Å²) >= 11 is 2.18. The van der Waals surface area contributed by atoms with Gasteiger partial charge in [-0.2, -0.15) is 0 Å². The average Bonchev–Trinajstić information content (AvgIpc) is 2.45. The lowest BCUT2D eigenvalue weighted by Gasteiger charge is -2.30. The van der Waals surface area contributed by atoms with Gasteiger partial charge in [0.05, 0.1) is 5.92 Å². The van der Waals surface area contributed by atoms with Crippen LogP contribution in [0.5, 0.6) is 5.75 Å². The van der Waals surface area contributed by atoms with Gasteiger partial charge in [0.2, 0.25) is 0 Å². The number of halogens is 1. The third-order valence-corrected chi connectivity index (χ3v) is 4.03. The number of nitrogens with zero attached hydrogens (tertiary/aromatic N) is 1. The predicted molar refractivity (Wildman–Crippen MR) is 81.6 cm³/mol. The van der Waals surface area contributed by atoms with Crippen molar-refractivity contribution in [3.8, 4) is 5.75 Å². The molecule has 0 radical (unpaired) electrons. The predicted octanol–water partition coefficient (Wildman–Crippen LogP) is 1.99. The van der Waals surface area contributed by atoms with E-state index in [9.17, 15) is 9.59 Å². The first-order valence-corrected chi connectivity index (χ1v) is 7.53. The van der Waals surface area contributed by atoms with Crippen LogP contribution in [0, 0.1) is 9.49 Å². The molecule has 0 atom stereocenters. The summed E-state index contributed by atoms with van der Waals surface area (Å²) in [5.74, 6) is -0.513. The molecule has 2 rings (SSSR count). The van der Waals surface area contributed by atoms with Crippen LogP contribution in [-0.2, 0) is 9.59 Å². The Bertz CT molecular complexity index is 498. The van der Waals surface area contributed by atoms with Crippen LogP contribution in [-0.4, -0.2) is 41.6 Å². The second-order valence-electron chi connectivity index (χ2n) is 4.74. The summed E-state index contributed by atoms with van der Waals surface area (Å²) < 4.78 is 6.51. The standard InChI is InChI=1S/C14H16INO4/c15-11-2-1-3-12(8-11)20-9-13(17)16-6-4-10(5-7-16)14(18)19/h1-3,8,10H,4-7,9H2,(H,18,19). The smallest absolute Gasteiger partial charge is 0.306 e. The maximum absolute atomic E-state index is 12.0. The Morgan fingerprint density at radius 2 is 2.05 bits per heavy atom. The molecule has 1 aliphatic rings. The van der Waals surface area contributed by atoms with Crippen molar-refractivity contribution in [2.75, 3.05) is 19.7 Å². The minimum Gasteiger partial charge on any atom is -0.484 e. The summed E-state index contributed by atoms with van der Waals surface area (Å²) in [6.45, 7) is 0.981. The number of hydrogen-bond acceptors (Lipinski definition) is 3. The number of carboxylic acid groups (broad SMARTS) is 1. The van der Waals surface area contributed by atoms with Crippen molar-refractivity contribution in [2.45, 2.75) is 12.8 Å². The zero-order valence-electron chi connectivity index (χ0n) is 10.9. The van der Waals surface area contributed by atoms with E-state index in [-0.39, 0.29) is 18.4 Å². The van der Waals surface area contributed by atoms with E-state index in [4.69, 9.17) is 9.84 Å². The van der Waals surface area contributed by atoms with Crippen LogP contribution in [0.1, 0.15) is 12.8 Å². The summed E-state index contributed by atoms with van der Waals surface area (Å²) in [6, 6.07) is 7.50. The van der Waals surface area contributed by atoms with Crippen LogP contribution in [0.25, 0.3) is 0 Å². The van der Waals surface area contributed by atoms with Crippen LogP contribution >= 0.6 is 22.6 Å². The number of piperidine rings is 1. The minimum absolute atomic E-state index is 0.00215. The van der Waals surface area contributed by atoms with Crippen molar-refractivity contribution >= 4 is 34.5 Å². The summed E-state index contributed by atoms with van der Waals surface area (Å²) in [5.41, 5.74) is 0. The van der Waals surface area contributed by atoms with E-state index in [1.165, 1.54) is 0 Å². The average molecular weight is 389 g/mol. The molecule has 1 N–H and O–H groups in total. The lowest BCUT2D eigenvalue weighted by Crippen LogP contribution is -2.42. The number of ether oxygens (including phenoxy) is 1. The zero-order valence-corrected chi connectivity index (χ0v) is 13.1. The molecule has 0 saturated carbocycles. The van der Waals surface area contributed by atoms with E-state index in [1.807, 2.05) is 24.3 Å². The Balaban J connectivity index is 1.80. The number of carboxylic acids is 1. The Morgan fingerprint density at radius 3 is 2.65 bits per heavy atom. The number of likely N-dealkylation sites (tertiary alicyclic amines) is 1. The van der Waals surface area contributed by atoms with Gasteiger partial charge in [0.15, 0.2) is 6.61 Å². The molecule has 0 aromatic heterocycles. The fraction of sp³-hybridized carbons (Fsp3) is 0.429. The number of rotatable bonds is 4. The quantitative estimate of drug-likeness (QED) is 0.801. The van der Waals surface area contributed by atoms with Crippen LogP contribution in [0.4, 0.5) is 0 Å². The van der Waals surface area contributed by atoms with Crippen molar-refractivity contribution in [3.05, 3.63) is 27.8 Å². The summed E-state index contributed by atoms with van der Waals surface area (Å²) in [6.07, 6.45) is 1.04.